The molecule has 4 aromatic carbocycles. The summed E-state index contributed by atoms with van der Waals surface area (Å²) in [6.45, 7) is 0. The van der Waals surface area contributed by atoms with E-state index in [0.717, 1.165) is 16.8 Å². The first kappa shape index (κ1) is 25.0. The number of ketones is 1. The summed E-state index contributed by atoms with van der Waals surface area (Å²) in [6, 6.07) is 24.8. The number of carbonyl (C=O) groups is 1. The zero-order chi connectivity index (χ0) is 28.0. The molecule has 0 saturated heterocycles. The lowest BCUT2D eigenvalue weighted by molar-refractivity contribution is -0.136. The third-order valence-corrected chi connectivity index (χ3v) is 6.68. The molecule has 0 saturated carbocycles. The van der Waals surface area contributed by atoms with Crippen LogP contribution >= 0.6 is 0 Å². The number of alkyl halides is 3. The summed E-state index contributed by atoms with van der Waals surface area (Å²) in [4.78, 5) is 46.6. The van der Waals surface area contributed by atoms with Crippen LogP contribution in [0, 0.1) is 0 Å². The van der Waals surface area contributed by atoms with Gasteiger partial charge in [-0.25, -0.2) is 9.36 Å². The maximum absolute atomic E-state index is 13.9. The van der Waals surface area contributed by atoms with E-state index in [4.69, 9.17) is 0 Å². The van der Waals surface area contributed by atoms with E-state index in [0.29, 0.717) is 16.6 Å². The van der Waals surface area contributed by atoms with E-state index in [-0.39, 0.29) is 33.1 Å². The highest BCUT2D eigenvalue weighted by atomic mass is 19.4. The van der Waals surface area contributed by atoms with Crippen molar-refractivity contribution in [2.45, 2.75) is 6.18 Å². The van der Waals surface area contributed by atoms with Crippen LogP contribution < -0.4 is 11.2 Å². The number of fused-ring (bicyclic) bond motifs is 2. The van der Waals surface area contributed by atoms with Crippen molar-refractivity contribution in [3.63, 3.8) is 0 Å². The zero-order valence-electron chi connectivity index (χ0n) is 20.6. The monoisotopic (exact) mass is 537 g/mol. The standard InChI is InChI=1S/C31H18F3N3O3/c32-31(33,34)24-14-7-13-22-26(23(17-35-27(22)24)28(38)18-8-2-1-3-9-18)19-10-6-11-20(16-19)37-29(39)21-12-4-5-15-25(21)36-30(37)40/h1-17H,(H,36,40). The van der Waals surface area contributed by atoms with E-state index >= 15 is 0 Å². The summed E-state index contributed by atoms with van der Waals surface area (Å²) in [5, 5.41) is 0.394. The van der Waals surface area contributed by atoms with Gasteiger partial charge in [-0.15, -0.1) is 0 Å². The Hall–Kier alpha value is -5.31. The van der Waals surface area contributed by atoms with Crippen molar-refractivity contribution < 1.29 is 18.0 Å². The molecule has 0 aliphatic rings. The van der Waals surface area contributed by atoms with E-state index in [1.165, 1.54) is 24.3 Å². The lowest BCUT2D eigenvalue weighted by atomic mass is 9.91. The maximum atomic E-state index is 13.9. The number of nitrogens with one attached hydrogen (secondary N) is 1. The van der Waals surface area contributed by atoms with Crippen molar-refractivity contribution in [2.24, 2.45) is 0 Å². The number of para-hydroxylation sites is 2. The molecule has 0 amide bonds. The second kappa shape index (κ2) is 9.46. The van der Waals surface area contributed by atoms with E-state index in [1.807, 2.05) is 0 Å². The van der Waals surface area contributed by atoms with Crippen LogP contribution in [0.1, 0.15) is 21.5 Å². The van der Waals surface area contributed by atoms with E-state index in [9.17, 15) is 27.6 Å². The Balaban J connectivity index is 1.65. The number of aromatic nitrogens is 3. The van der Waals surface area contributed by atoms with Gasteiger partial charge in [-0.3, -0.25) is 14.6 Å². The third-order valence-electron chi connectivity index (χ3n) is 6.68. The predicted molar refractivity (Wildman–Crippen MR) is 146 cm³/mol. The smallest absolute Gasteiger partial charge is 0.306 e. The minimum Gasteiger partial charge on any atom is -0.306 e. The molecule has 2 aromatic heterocycles. The summed E-state index contributed by atoms with van der Waals surface area (Å²) < 4.78 is 42.6. The lowest BCUT2D eigenvalue weighted by Gasteiger charge is -2.16. The fourth-order valence-electron chi connectivity index (χ4n) is 4.88. The Morgan fingerprint density at radius 1 is 0.800 bits per heavy atom. The SMILES string of the molecule is O=C(c1ccccc1)c1cnc2c(C(F)(F)F)cccc2c1-c1cccc(-n2c(=O)[nH]c3ccccc3c2=O)c1. The molecule has 0 radical (unpaired) electrons. The van der Waals surface area contributed by atoms with Crippen molar-refractivity contribution in [1.82, 2.24) is 14.5 Å². The van der Waals surface area contributed by atoms with E-state index < -0.39 is 28.8 Å². The van der Waals surface area contributed by atoms with Crippen LogP contribution in [0.5, 0.6) is 0 Å². The van der Waals surface area contributed by atoms with Crippen LogP contribution in [0.4, 0.5) is 13.2 Å². The number of pyridine rings is 1. The van der Waals surface area contributed by atoms with Crippen molar-refractivity contribution in [1.29, 1.82) is 0 Å². The van der Waals surface area contributed by atoms with Gasteiger partial charge in [0.15, 0.2) is 5.78 Å². The van der Waals surface area contributed by atoms with Crippen molar-refractivity contribution in [3.05, 3.63) is 141 Å². The molecule has 0 unspecified atom stereocenters. The highest BCUT2D eigenvalue weighted by molar-refractivity contribution is 6.16. The first-order chi connectivity index (χ1) is 19.2. The minimum absolute atomic E-state index is 0.0787. The molecule has 0 spiro atoms. The van der Waals surface area contributed by atoms with Crippen LogP contribution in [-0.4, -0.2) is 20.3 Å². The zero-order valence-corrected chi connectivity index (χ0v) is 20.6. The van der Waals surface area contributed by atoms with Gasteiger partial charge in [0, 0.05) is 28.3 Å². The molecule has 0 fully saturated rings. The number of halogens is 3. The lowest BCUT2D eigenvalue weighted by Crippen LogP contribution is -2.33. The molecule has 1 N–H and O–H groups in total. The van der Waals surface area contributed by atoms with Gasteiger partial charge < -0.3 is 4.98 Å². The summed E-state index contributed by atoms with van der Waals surface area (Å²) >= 11 is 0. The second-order valence-electron chi connectivity index (χ2n) is 9.11. The van der Waals surface area contributed by atoms with Gasteiger partial charge in [0.25, 0.3) is 5.56 Å². The number of nitrogens with zero attached hydrogens (tertiary/aromatic N) is 2. The summed E-state index contributed by atoms with van der Waals surface area (Å²) in [5.41, 5.74) is -0.990. The van der Waals surface area contributed by atoms with Gasteiger partial charge in [0.2, 0.25) is 0 Å². The molecule has 6 aromatic rings. The van der Waals surface area contributed by atoms with Crippen LogP contribution in [0.2, 0.25) is 0 Å². The summed E-state index contributed by atoms with van der Waals surface area (Å²) in [5.74, 6) is -0.437. The Morgan fingerprint density at radius 3 is 2.27 bits per heavy atom. The number of carbonyl (C=O) groups excluding carboxylic acids is 1. The summed E-state index contributed by atoms with van der Waals surface area (Å²) in [6.07, 6.45) is -3.54. The minimum atomic E-state index is -4.68. The van der Waals surface area contributed by atoms with Gasteiger partial charge in [0.1, 0.15) is 0 Å². The van der Waals surface area contributed by atoms with Crippen molar-refractivity contribution in [3.8, 4) is 16.8 Å². The molecule has 6 rings (SSSR count). The number of H-pyrrole nitrogens is 1. The first-order valence-electron chi connectivity index (χ1n) is 12.2. The molecule has 0 bridgehead atoms. The quantitative estimate of drug-likeness (QED) is 0.274. The van der Waals surface area contributed by atoms with E-state index in [2.05, 4.69) is 9.97 Å². The first-order valence-corrected chi connectivity index (χ1v) is 12.2. The number of hydrogen-bond acceptors (Lipinski definition) is 4. The van der Waals surface area contributed by atoms with Crippen LogP contribution in [0.3, 0.4) is 0 Å². The Labute approximate surface area is 224 Å². The van der Waals surface area contributed by atoms with Crippen LogP contribution in [0.15, 0.2) is 113 Å². The average Bonchev–Trinajstić information content (AvgIpc) is 2.96. The molecular weight excluding hydrogens is 519 g/mol. The molecule has 196 valence electrons. The molecule has 0 atom stereocenters. The normalized spacial score (nSPS) is 11.7. The Bertz CT molecular complexity index is 2060. The highest BCUT2D eigenvalue weighted by Gasteiger charge is 2.34. The number of hydrogen-bond donors (Lipinski definition) is 1. The number of benzene rings is 4. The summed E-state index contributed by atoms with van der Waals surface area (Å²) in [7, 11) is 0. The molecule has 6 nitrogen and oxygen atoms in total. The van der Waals surface area contributed by atoms with Gasteiger partial charge in [0.05, 0.1) is 27.7 Å². The van der Waals surface area contributed by atoms with E-state index in [1.54, 1.807) is 66.7 Å². The molecule has 0 aliphatic carbocycles. The Kier molecular flexibility index (Phi) is 5.91. The predicted octanol–water partition coefficient (Wildman–Crippen LogP) is 6.14. The van der Waals surface area contributed by atoms with Gasteiger partial charge in [-0.1, -0.05) is 66.7 Å². The van der Waals surface area contributed by atoms with Gasteiger partial charge in [-0.05, 0) is 35.9 Å². The molecule has 0 aliphatic heterocycles. The average molecular weight is 537 g/mol. The fraction of sp³-hybridized carbons (Fsp3) is 0.0323. The number of aromatic amines is 1. The fourth-order valence-corrected chi connectivity index (χ4v) is 4.88. The van der Waals surface area contributed by atoms with Crippen molar-refractivity contribution >= 4 is 27.6 Å². The second-order valence-corrected chi connectivity index (χ2v) is 9.11. The molecule has 9 heteroatoms. The largest absolute Gasteiger partial charge is 0.418 e. The molecule has 2 heterocycles. The van der Waals surface area contributed by atoms with Crippen LogP contribution in [-0.2, 0) is 6.18 Å². The molecular formula is C31H18F3N3O3. The Morgan fingerprint density at radius 2 is 1.50 bits per heavy atom. The highest BCUT2D eigenvalue weighted by Crippen LogP contribution is 2.39. The maximum Gasteiger partial charge on any atom is 0.418 e. The van der Waals surface area contributed by atoms with Gasteiger partial charge in [-0.2, -0.15) is 13.2 Å². The third kappa shape index (κ3) is 4.17. The number of rotatable bonds is 4. The van der Waals surface area contributed by atoms with Crippen molar-refractivity contribution in [2.75, 3.05) is 0 Å². The molecule has 40 heavy (non-hydrogen) atoms. The van der Waals surface area contributed by atoms with Crippen LogP contribution in [0.25, 0.3) is 38.6 Å². The topological polar surface area (TPSA) is 84.8 Å². The van der Waals surface area contributed by atoms with Gasteiger partial charge >= 0.3 is 11.9 Å².